The number of sulfone groups is 1. The van der Waals surface area contributed by atoms with Crippen molar-refractivity contribution in [3.05, 3.63) is 29.3 Å². The summed E-state index contributed by atoms with van der Waals surface area (Å²) >= 11 is 0. The fraction of sp³-hybridized carbons (Fsp3) is 0.556. The van der Waals surface area contributed by atoms with Crippen molar-refractivity contribution in [2.45, 2.75) is 51.2 Å². The number of benzene rings is 1. The Hall–Kier alpha value is -1.87. The maximum Gasteiger partial charge on any atom is 0.242 e. The second-order valence-corrected chi connectivity index (χ2v) is 8.67. The average molecular weight is 348 g/mol. The van der Waals surface area contributed by atoms with E-state index in [0.29, 0.717) is 18.5 Å². The highest BCUT2D eigenvalue weighted by Crippen LogP contribution is 2.27. The van der Waals surface area contributed by atoms with Crippen molar-refractivity contribution in [2.75, 3.05) is 17.2 Å². The maximum absolute atomic E-state index is 12.7. The molecule has 130 valence electrons. The molecule has 1 saturated carbocycles. The Kier molecular flexibility index (Phi) is 6.00. The Bertz CT molecular complexity index is 744. The summed E-state index contributed by atoms with van der Waals surface area (Å²) in [4.78, 5) is 14.2. The number of nitrogens with zero attached hydrogens (tertiary/aromatic N) is 2. The van der Waals surface area contributed by atoms with E-state index in [0.717, 1.165) is 24.0 Å². The van der Waals surface area contributed by atoms with Gasteiger partial charge in [-0.05, 0) is 43.9 Å². The first-order valence-electron chi connectivity index (χ1n) is 8.32. The third kappa shape index (κ3) is 4.15. The Labute approximate surface area is 144 Å². The van der Waals surface area contributed by atoms with E-state index in [1.165, 1.54) is 4.90 Å². The van der Waals surface area contributed by atoms with Gasteiger partial charge in [0.25, 0.3) is 0 Å². The van der Waals surface area contributed by atoms with Crippen LogP contribution in [0.5, 0.6) is 0 Å². The third-order valence-electron chi connectivity index (χ3n) is 4.75. The summed E-state index contributed by atoms with van der Waals surface area (Å²) in [6, 6.07) is 7.63. The number of amides is 1. The van der Waals surface area contributed by atoms with Crippen LogP contribution >= 0.6 is 0 Å². The summed E-state index contributed by atoms with van der Waals surface area (Å²) in [5.74, 6) is -0.915. The van der Waals surface area contributed by atoms with Crippen LogP contribution in [-0.2, 0) is 14.6 Å². The van der Waals surface area contributed by atoms with Crippen LogP contribution in [0.3, 0.4) is 0 Å². The van der Waals surface area contributed by atoms with Crippen LogP contribution in [0.1, 0.15) is 43.2 Å². The number of carbonyl (C=O) groups is 1. The quantitative estimate of drug-likeness (QED) is 0.792. The molecule has 0 atom stereocenters. The number of carbonyl (C=O) groups excluding carboxylic acids is 1. The molecule has 2 rings (SSSR count). The second-order valence-electron chi connectivity index (χ2n) is 6.39. The summed E-state index contributed by atoms with van der Waals surface area (Å²) < 4.78 is 25.0. The molecule has 0 radical (unpaired) electrons. The van der Waals surface area contributed by atoms with Gasteiger partial charge in [0, 0.05) is 12.2 Å². The van der Waals surface area contributed by atoms with E-state index in [-0.39, 0.29) is 13.0 Å². The van der Waals surface area contributed by atoms with Gasteiger partial charge in [-0.15, -0.1) is 0 Å². The predicted octanol–water partition coefficient (Wildman–Crippen LogP) is 2.91. The molecule has 0 heterocycles. The SMILES string of the molecule is Cc1cccc(N(CCC#N)C(=O)CS(=O)(=O)C2CCCC2)c1C. The minimum atomic E-state index is -3.43. The average Bonchev–Trinajstić information content (AvgIpc) is 3.06. The first kappa shape index (κ1) is 18.5. The number of hydrogen-bond acceptors (Lipinski definition) is 4. The lowest BCUT2D eigenvalue weighted by molar-refractivity contribution is -0.116. The van der Waals surface area contributed by atoms with E-state index in [9.17, 15) is 13.2 Å². The molecule has 0 aromatic heterocycles. The van der Waals surface area contributed by atoms with Gasteiger partial charge in [0.1, 0.15) is 5.75 Å². The molecular weight excluding hydrogens is 324 g/mol. The third-order valence-corrected chi connectivity index (χ3v) is 6.89. The molecule has 1 amide bonds. The molecule has 0 saturated heterocycles. The molecule has 1 fully saturated rings. The summed E-state index contributed by atoms with van der Waals surface area (Å²) in [6.45, 7) is 4.06. The van der Waals surface area contributed by atoms with Crippen LogP contribution in [0.2, 0.25) is 0 Å². The molecule has 1 aromatic carbocycles. The molecular formula is C18H24N2O3S. The van der Waals surface area contributed by atoms with E-state index < -0.39 is 26.7 Å². The standard InChI is InChI=1S/C18H24N2O3S/c1-14-7-5-10-17(15(14)2)20(12-6-11-19)18(21)13-24(22,23)16-8-3-4-9-16/h5,7,10,16H,3-4,6,8-9,12-13H2,1-2H3. The summed E-state index contributed by atoms with van der Waals surface area (Å²) in [5, 5.41) is 8.48. The van der Waals surface area contributed by atoms with Crippen LogP contribution < -0.4 is 4.90 Å². The van der Waals surface area contributed by atoms with Gasteiger partial charge < -0.3 is 4.90 Å². The Morgan fingerprint density at radius 1 is 1.29 bits per heavy atom. The second kappa shape index (κ2) is 7.80. The van der Waals surface area contributed by atoms with Gasteiger partial charge in [0.2, 0.25) is 5.91 Å². The number of rotatable bonds is 6. The van der Waals surface area contributed by atoms with Gasteiger partial charge in [-0.25, -0.2) is 8.42 Å². The van der Waals surface area contributed by atoms with Crippen LogP contribution in [0.25, 0.3) is 0 Å². The van der Waals surface area contributed by atoms with Crippen LogP contribution in [0.4, 0.5) is 5.69 Å². The highest BCUT2D eigenvalue weighted by Gasteiger charge is 2.32. The molecule has 0 N–H and O–H groups in total. The number of nitriles is 1. The van der Waals surface area contributed by atoms with E-state index in [1.54, 1.807) is 6.07 Å². The van der Waals surface area contributed by atoms with E-state index in [1.807, 2.05) is 32.0 Å². The van der Waals surface area contributed by atoms with Crippen molar-refractivity contribution < 1.29 is 13.2 Å². The normalized spacial score (nSPS) is 15.2. The van der Waals surface area contributed by atoms with E-state index >= 15 is 0 Å². The van der Waals surface area contributed by atoms with Crippen molar-refractivity contribution in [3.8, 4) is 6.07 Å². The van der Waals surface area contributed by atoms with E-state index in [2.05, 4.69) is 0 Å². The largest absolute Gasteiger partial charge is 0.310 e. The van der Waals surface area contributed by atoms with Crippen molar-refractivity contribution in [3.63, 3.8) is 0 Å². The highest BCUT2D eigenvalue weighted by atomic mass is 32.2. The first-order valence-corrected chi connectivity index (χ1v) is 10.0. The molecule has 0 spiro atoms. The lowest BCUT2D eigenvalue weighted by Crippen LogP contribution is -2.39. The van der Waals surface area contributed by atoms with Gasteiger partial charge in [0.15, 0.2) is 9.84 Å². The zero-order chi connectivity index (χ0) is 17.7. The Morgan fingerprint density at radius 2 is 1.96 bits per heavy atom. The molecule has 1 aliphatic carbocycles. The summed E-state index contributed by atoms with van der Waals surface area (Å²) in [7, 11) is -3.43. The lowest BCUT2D eigenvalue weighted by Gasteiger charge is -2.25. The number of aryl methyl sites for hydroxylation is 1. The van der Waals surface area contributed by atoms with Crippen molar-refractivity contribution >= 4 is 21.4 Å². The van der Waals surface area contributed by atoms with Crippen LogP contribution in [0.15, 0.2) is 18.2 Å². The van der Waals surface area contributed by atoms with Gasteiger partial charge in [-0.1, -0.05) is 25.0 Å². The maximum atomic E-state index is 12.7. The van der Waals surface area contributed by atoms with Gasteiger partial charge in [-0.2, -0.15) is 5.26 Å². The monoisotopic (exact) mass is 348 g/mol. The van der Waals surface area contributed by atoms with Crippen LogP contribution in [-0.4, -0.2) is 31.9 Å². The predicted molar refractivity (Wildman–Crippen MR) is 94.5 cm³/mol. The lowest BCUT2D eigenvalue weighted by atomic mass is 10.1. The minimum Gasteiger partial charge on any atom is -0.310 e. The smallest absolute Gasteiger partial charge is 0.242 e. The van der Waals surface area contributed by atoms with Crippen molar-refractivity contribution in [1.29, 1.82) is 5.26 Å². The van der Waals surface area contributed by atoms with Crippen molar-refractivity contribution in [1.82, 2.24) is 0 Å². The van der Waals surface area contributed by atoms with Gasteiger partial charge in [0.05, 0.1) is 17.7 Å². The molecule has 1 aromatic rings. The molecule has 24 heavy (non-hydrogen) atoms. The molecule has 0 bridgehead atoms. The molecule has 6 heteroatoms. The molecule has 0 aliphatic heterocycles. The fourth-order valence-corrected chi connectivity index (χ4v) is 4.97. The fourth-order valence-electron chi connectivity index (χ4n) is 3.18. The number of anilines is 1. The van der Waals surface area contributed by atoms with Gasteiger partial charge >= 0.3 is 0 Å². The summed E-state index contributed by atoms with van der Waals surface area (Å²) in [5.41, 5.74) is 2.65. The first-order chi connectivity index (χ1) is 11.4. The zero-order valence-corrected chi connectivity index (χ0v) is 15.1. The van der Waals surface area contributed by atoms with Crippen molar-refractivity contribution in [2.24, 2.45) is 0 Å². The van der Waals surface area contributed by atoms with E-state index in [4.69, 9.17) is 5.26 Å². The number of hydrogen-bond donors (Lipinski definition) is 0. The molecule has 1 aliphatic rings. The summed E-state index contributed by atoms with van der Waals surface area (Å²) in [6.07, 6.45) is 3.29. The zero-order valence-electron chi connectivity index (χ0n) is 14.3. The molecule has 0 unspecified atom stereocenters. The topological polar surface area (TPSA) is 78.2 Å². The molecule has 5 nitrogen and oxygen atoms in total. The Balaban J connectivity index is 2.25. The van der Waals surface area contributed by atoms with Gasteiger partial charge in [-0.3, -0.25) is 4.79 Å². The van der Waals surface area contributed by atoms with Crippen LogP contribution in [0, 0.1) is 25.2 Å². The highest BCUT2D eigenvalue weighted by molar-refractivity contribution is 7.92. The minimum absolute atomic E-state index is 0.169. The Morgan fingerprint density at radius 3 is 2.58 bits per heavy atom.